The van der Waals surface area contributed by atoms with Gasteiger partial charge in [0, 0.05) is 19.6 Å². The maximum absolute atomic E-state index is 5.36. The summed E-state index contributed by atoms with van der Waals surface area (Å²) in [5, 5.41) is 6.87. The van der Waals surface area contributed by atoms with Crippen LogP contribution in [0, 0.1) is 0 Å². The van der Waals surface area contributed by atoms with Gasteiger partial charge in [0.2, 0.25) is 0 Å². The number of guanidine groups is 1. The van der Waals surface area contributed by atoms with Gasteiger partial charge in [0.05, 0.1) is 14.2 Å². The number of nitrogens with zero attached hydrogens (tertiary/aromatic N) is 2. The molecule has 0 fully saturated rings. The minimum absolute atomic E-state index is 0. The average molecular weight is 506 g/mol. The fourth-order valence-corrected chi connectivity index (χ4v) is 3.02. The Bertz CT molecular complexity index is 565. The first kappa shape index (κ1) is 26.8. The van der Waals surface area contributed by atoms with Crippen LogP contribution in [0.2, 0.25) is 0 Å². The second-order valence-corrected chi connectivity index (χ2v) is 6.65. The minimum atomic E-state index is 0. The molecule has 6 nitrogen and oxygen atoms in total. The lowest BCUT2D eigenvalue weighted by Gasteiger charge is -2.21. The van der Waals surface area contributed by atoms with E-state index in [1.807, 2.05) is 19.2 Å². The molecule has 0 radical (unpaired) electrons. The highest BCUT2D eigenvalue weighted by molar-refractivity contribution is 14.0. The van der Waals surface area contributed by atoms with Crippen LogP contribution in [0.25, 0.3) is 0 Å². The third-order valence-electron chi connectivity index (χ3n) is 4.77. The minimum Gasteiger partial charge on any atom is -0.493 e. The quantitative estimate of drug-likeness (QED) is 0.258. The molecule has 7 heteroatoms. The normalized spacial score (nSPS) is 12.3. The second kappa shape index (κ2) is 15.7. The van der Waals surface area contributed by atoms with Gasteiger partial charge in [0.25, 0.3) is 0 Å². The lowest BCUT2D eigenvalue weighted by molar-refractivity contribution is 0.292. The summed E-state index contributed by atoms with van der Waals surface area (Å²) in [4.78, 5) is 6.80. The molecule has 1 atom stereocenters. The van der Waals surface area contributed by atoms with Crippen LogP contribution in [0.15, 0.2) is 23.2 Å². The number of hydrogen-bond acceptors (Lipinski definition) is 4. The topological polar surface area (TPSA) is 58.1 Å². The molecule has 0 aliphatic carbocycles. The van der Waals surface area contributed by atoms with Crippen molar-refractivity contribution in [1.82, 2.24) is 15.5 Å². The molecule has 0 amide bonds. The third kappa shape index (κ3) is 9.82. The van der Waals surface area contributed by atoms with Crippen molar-refractivity contribution in [2.75, 3.05) is 47.4 Å². The Labute approximate surface area is 188 Å². The summed E-state index contributed by atoms with van der Waals surface area (Å²) in [6.07, 6.45) is 3.21. The van der Waals surface area contributed by atoms with Crippen molar-refractivity contribution in [2.45, 2.75) is 46.1 Å². The van der Waals surface area contributed by atoms with Crippen LogP contribution in [-0.2, 0) is 6.42 Å². The van der Waals surface area contributed by atoms with Crippen molar-refractivity contribution in [3.8, 4) is 11.5 Å². The molecule has 0 aromatic heterocycles. The highest BCUT2D eigenvalue weighted by atomic mass is 127. The van der Waals surface area contributed by atoms with Crippen LogP contribution in [0.5, 0.6) is 11.5 Å². The highest BCUT2D eigenvalue weighted by Crippen LogP contribution is 2.27. The molecule has 0 spiro atoms. The van der Waals surface area contributed by atoms with E-state index in [9.17, 15) is 0 Å². The Hall–Kier alpha value is -1.22. The second-order valence-electron chi connectivity index (χ2n) is 6.65. The van der Waals surface area contributed by atoms with E-state index in [4.69, 9.17) is 9.47 Å². The van der Waals surface area contributed by atoms with Gasteiger partial charge in [-0.1, -0.05) is 19.9 Å². The Kier molecular flexibility index (Phi) is 15.0. The Balaban J connectivity index is 0.00000729. The molecule has 162 valence electrons. The van der Waals surface area contributed by atoms with E-state index in [-0.39, 0.29) is 24.0 Å². The predicted molar refractivity (Wildman–Crippen MR) is 130 cm³/mol. The molecule has 0 aliphatic heterocycles. The van der Waals surface area contributed by atoms with E-state index in [0.29, 0.717) is 6.04 Å². The summed E-state index contributed by atoms with van der Waals surface area (Å²) in [6.45, 7) is 10.9. The Morgan fingerprint density at radius 1 is 1.14 bits per heavy atom. The average Bonchev–Trinajstić information content (AvgIpc) is 2.70. The number of nitrogens with one attached hydrogen (secondary N) is 2. The smallest absolute Gasteiger partial charge is 0.191 e. The van der Waals surface area contributed by atoms with Crippen LogP contribution in [0.3, 0.4) is 0 Å². The summed E-state index contributed by atoms with van der Waals surface area (Å²) in [6, 6.07) is 6.42. The number of rotatable bonds is 12. The fraction of sp³-hybridized carbons (Fsp3) is 0.667. The zero-order valence-electron chi connectivity index (χ0n) is 18.4. The van der Waals surface area contributed by atoms with Gasteiger partial charge in [-0.05, 0) is 63.5 Å². The molecule has 1 unspecified atom stereocenters. The summed E-state index contributed by atoms with van der Waals surface area (Å²) < 4.78 is 10.6. The monoisotopic (exact) mass is 506 g/mol. The molecule has 0 saturated carbocycles. The first-order valence-electron chi connectivity index (χ1n) is 9.98. The first-order valence-corrected chi connectivity index (χ1v) is 9.98. The number of aliphatic imine (C=N–C) groups is 1. The van der Waals surface area contributed by atoms with Crippen molar-refractivity contribution in [3.63, 3.8) is 0 Å². The van der Waals surface area contributed by atoms with Crippen LogP contribution in [0.4, 0.5) is 0 Å². The van der Waals surface area contributed by atoms with Gasteiger partial charge in [0.1, 0.15) is 0 Å². The molecular weight excluding hydrogens is 467 g/mol. The van der Waals surface area contributed by atoms with Crippen molar-refractivity contribution in [3.05, 3.63) is 23.8 Å². The van der Waals surface area contributed by atoms with Crippen LogP contribution in [-0.4, -0.2) is 64.3 Å². The van der Waals surface area contributed by atoms with Gasteiger partial charge in [0.15, 0.2) is 17.5 Å². The fourth-order valence-electron chi connectivity index (χ4n) is 3.02. The van der Waals surface area contributed by atoms with E-state index >= 15 is 0 Å². The van der Waals surface area contributed by atoms with Crippen molar-refractivity contribution >= 4 is 29.9 Å². The molecule has 2 N–H and O–H groups in total. The molecule has 0 bridgehead atoms. The highest BCUT2D eigenvalue weighted by Gasteiger charge is 2.08. The number of ether oxygens (including phenoxy) is 2. The predicted octanol–water partition coefficient (Wildman–Crippen LogP) is 3.54. The summed E-state index contributed by atoms with van der Waals surface area (Å²) in [7, 11) is 5.12. The molecule has 1 aromatic carbocycles. The van der Waals surface area contributed by atoms with Gasteiger partial charge in [-0.3, -0.25) is 4.99 Å². The number of methoxy groups -OCH3 is 2. The molecular formula is C21H39IN4O2. The van der Waals surface area contributed by atoms with Crippen LogP contribution in [0.1, 0.15) is 39.2 Å². The largest absolute Gasteiger partial charge is 0.493 e. The van der Waals surface area contributed by atoms with E-state index in [0.717, 1.165) is 56.5 Å². The Morgan fingerprint density at radius 2 is 1.82 bits per heavy atom. The number of hydrogen-bond donors (Lipinski definition) is 2. The summed E-state index contributed by atoms with van der Waals surface area (Å²) in [5.74, 6) is 2.37. The van der Waals surface area contributed by atoms with Gasteiger partial charge in [-0.25, -0.2) is 0 Å². The van der Waals surface area contributed by atoms with E-state index in [1.54, 1.807) is 14.2 Å². The molecule has 28 heavy (non-hydrogen) atoms. The molecule has 0 saturated heterocycles. The van der Waals surface area contributed by atoms with Crippen molar-refractivity contribution in [2.24, 2.45) is 4.99 Å². The van der Waals surface area contributed by atoms with E-state index in [2.05, 4.69) is 47.4 Å². The van der Waals surface area contributed by atoms with Gasteiger partial charge < -0.3 is 25.0 Å². The molecule has 1 rings (SSSR count). The number of benzene rings is 1. The van der Waals surface area contributed by atoms with E-state index in [1.165, 1.54) is 12.0 Å². The molecule has 0 aliphatic rings. The SMILES string of the molecule is CCN(CC)CCCC(C)NC(=NC)NCCc1ccc(OC)c(OC)c1.I. The number of halogens is 1. The summed E-state index contributed by atoms with van der Waals surface area (Å²) >= 11 is 0. The first-order chi connectivity index (χ1) is 13.1. The maximum Gasteiger partial charge on any atom is 0.191 e. The van der Waals surface area contributed by atoms with E-state index < -0.39 is 0 Å². The Morgan fingerprint density at radius 3 is 2.39 bits per heavy atom. The van der Waals surface area contributed by atoms with Gasteiger partial charge in [-0.2, -0.15) is 0 Å². The standard InChI is InChI=1S/C21H38N4O2.HI/c1-7-25(8-2)15-9-10-17(3)24-21(22-4)23-14-13-18-11-12-19(26-5)20(16-18)27-6;/h11-12,16-17H,7-10,13-15H2,1-6H3,(H2,22,23,24);1H. The molecule has 1 aromatic rings. The lowest BCUT2D eigenvalue weighted by Crippen LogP contribution is -2.43. The lowest BCUT2D eigenvalue weighted by atomic mass is 10.1. The van der Waals surface area contributed by atoms with Gasteiger partial charge in [-0.15, -0.1) is 24.0 Å². The van der Waals surface area contributed by atoms with Crippen molar-refractivity contribution in [1.29, 1.82) is 0 Å². The molecule has 0 heterocycles. The van der Waals surface area contributed by atoms with Crippen molar-refractivity contribution < 1.29 is 9.47 Å². The zero-order valence-corrected chi connectivity index (χ0v) is 20.7. The zero-order chi connectivity index (χ0) is 20.1. The summed E-state index contributed by atoms with van der Waals surface area (Å²) in [5.41, 5.74) is 1.20. The van der Waals surface area contributed by atoms with Crippen LogP contribution >= 0.6 is 24.0 Å². The van der Waals surface area contributed by atoms with Gasteiger partial charge >= 0.3 is 0 Å². The third-order valence-corrected chi connectivity index (χ3v) is 4.77. The van der Waals surface area contributed by atoms with Crippen LogP contribution < -0.4 is 20.1 Å². The maximum atomic E-state index is 5.36.